The number of nitrogens with two attached hydrogens (primary N) is 1. The van der Waals surface area contributed by atoms with Crippen molar-refractivity contribution in [2.24, 2.45) is 10.9 Å². The first-order chi connectivity index (χ1) is 9.69. The normalized spacial score (nSPS) is 21.2. The van der Waals surface area contributed by atoms with Gasteiger partial charge in [-0.15, -0.1) is 0 Å². The van der Waals surface area contributed by atoms with Crippen LogP contribution in [0.3, 0.4) is 0 Å². The van der Waals surface area contributed by atoms with Gasteiger partial charge in [0.05, 0.1) is 24.5 Å². The molecule has 2 rings (SSSR count). The molecule has 6 heteroatoms. The molecule has 0 radical (unpaired) electrons. The van der Waals surface area contributed by atoms with Gasteiger partial charge in [-0.2, -0.15) is 0 Å². The highest BCUT2D eigenvalue weighted by Gasteiger charge is 2.22. The molecule has 3 N–H and O–H groups in total. The molecule has 1 heterocycles. The molecule has 1 aliphatic rings. The van der Waals surface area contributed by atoms with E-state index in [0.29, 0.717) is 6.42 Å². The fraction of sp³-hybridized carbons (Fsp3) is 0.500. The van der Waals surface area contributed by atoms with Crippen LogP contribution in [0.2, 0.25) is 0 Å². The van der Waals surface area contributed by atoms with E-state index in [1.54, 1.807) is 0 Å². The van der Waals surface area contributed by atoms with Crippen molar-refractivity contribution in [1.82, 2.24) is 0 Å². The zero-order valence-corrected chi connectivity index (χ0v) is 11.3. The Morgan fingerprint density at radius 1 is 1.50 bits per heavy atom. The van der Waals surface area contributed by atoms with Crippen LogP contribution >= 0.6 is 0 Å². The van der Waals surface area contributed by atoms with Gasteiger partial charge in [-0.3, -0.25) is 0 Å². The van der Waals surface area contributed by atoms with E-state index in [9.17, 15) is 4.39 Å². The monoisotopic (exact) mass is 282 g/mol. The average molecular weight is 282 g/mol. The number of aliphatic hydroxyl groups is 1. The van der Waals surface area contributed by atoms with E-state index in [4.69, 9.17) is 20.4 Å². The number of oxime groups is 1. The van der Waals surface area contributed by atoms with Crippen molar-refractivity contribution in [3.63, 3.8) is 0 Å². The summed E-state index contributed by atoms with van der Waals surface area (Å²) in [6.07, 6.45) is -0.162. The Bertz CT molecular complexity index is 464. The molecule has 0 unspecified atom stereocenters. The van der Waals surface area contributed by atoms with Crippen LogP contribution in [-0.4, -0.2) is 43.4 Å². The van der Waals surface area contributed by atoms with E-state index in [1.807, 2.05) is 24.3 Å². The summed E-state index contributed by atoms with van der Waals surface area (Å²) in [5.74, 6) is 0. The van der Waals surface area contributed by atoms with Crippen molar-refractivity contribution < 1.29 is 19.1 Å². The van der Waals surface area contributed by atoms with Gasteiger partial charge in [0.25, 0.3) is 0 Å². The SMILES string of the molecule is CO[C@H](c1ccc(C2=NO[C@H](CO)C2)cc1)[C@H](N)CF. The highest BCUT2D eigenvalue weighted by Crippen LogP contribution is 2.22. The van der Waals surface area contributed by atoms with Crippen LogP contribution in [-0.2, 0) is 9.57 Å². The van der Waals surface area contributed by atoms with Crippen molar-refractivity contribution in [2.75, 3.05) is 20.4 Å². The number of hydrogen-bond acceptors (Lipinski definition) is 5. The number of aliphatic hydroxyl groups excluding tert-OH is 1. The lowest BCUT2D eigenvalue weighted by Gasteiger charge is -2.20. The Kier molecular flexibility index (Phi) is 5.05. The number of hydrogen-bond donors (Lipinski definition) is 2. The third kappa shape index (κ3) is 3.15. The Labute approximate surface area is 117 Å². The van der Waals surface area contributed by atoms with Crippen LogP contribution in [0.1, 0.15) is 23.7 Å². The Balaban J connectivity index is 2.10. The van der Waals surface area contributed by atoms with Crippen molar-refractivity contribution in [1.29, 1.82) is 0 Å². The lowest BCUT2D eigenvalue weighted by Crippen LogP contribution is -2.31. The van der Waals surface area contributed by atoms with Gasteiger partial charge >= 0.3 is 0 Å². The molecule has 0 spiro atoms. The number of benzene rings is 1. The van der Waals surface area contributed by atoms with E-state index in [0.717, 1.165) is 16.8 Å². The first-order valence-corrected chi connectivity index (χ1v) is 6.47. The molecule has 5 nitrogen and oxygen atoms in total. The summed E-state index contributed by atoms with van der Waals surface area (Å²) in [5, 5.41) is 12.9. The zero-order chi connectivity index (χ0) is 14.5. The third-order valence-electron chi connectivity index (χ3n) is 3.33. The Morgan fingerprint density at radius 2 is 2.20 bits per heavy atom. The van der Waals surface area contributed by atoms with Crippen LogP contribution in [0, 0.1) is 0 Å². The fourth-order valence-electron chi connectivity index (χ4n) is 2.20. The summed E-state index contributed by atoms with van der Waals surface area (Å²) in [7, 11) is 1.51. The third-order valence-corrected chi connectivity index (χ3v) is 3.33. The molecule has 0 bridgehead atoms. The molecule has 0 saturated carbocycles. The predicted molar refractivity (Wildman–Crippen MR) is 73.3 cm³/mol. The van der Waals surface area contributed by atoms with Crippen molar-refractivity contribution >= 4 is 5.71 Å². The van der Waals surface area contributed by atoms with Crippen molar-refractivity contribution in [3.8, 4) is 0 Å². The van der Waals surface area contributed by atoms with Gasteiger partial charge in [0.15, 0.2) is 6.10 Å². The van der Waals surface area contributed by atoms with Gasteiger partial charge in [0.1, 0.15) is 6.67 Å². The first-order valence-electron chi connectivity index (χ1n) is 6.47. The van der Waals surface area contributed by atoms with E-state index in [1.165, 1.54) is 7.11 Å². The van der Waals surface area contributed by atoms with Crippen LogP contribution in [0.5, 0.6) is 0 Å². The van der Waals surface area contributed by atoms with Crippen LogP contribution < -0.4 is 5.73 Å². The van der Waals surface area contributed by atoms with Gasteiger partial charge in [-0.1, -0.05) is 29.4 Å². The molecule has 3 atom stereocenters. The molecule has 0 saturated heterocycles. The maximum atomic E-state index is 12.7. The van der Waals surface area contributed by atoms with Gasteiger partial charge in [-0.25, -0.2) is 4.39 Å². The number of nitrogens with zero attached hydrogens (tertiary/aromatic N) is 1. The van der Waals surface area contributed by atoms with Gasteiger partial charge in [0.2, 0.25) is 0 Å². The maximum absolute atomic E-state index is 12.7. The topological polar surface area (TPSA) is 77.1 Å². The highest BCUT2D eigenvalue weighted by molar-refractivity contribution is 6.01. The number of ether oxygens (including phenoxy) is 1. The average Bonchev–Trinajstić information content (AvgIpc) is 2.97. The lowest BCUT2D eigenvalue weighted by molar-refractivity contribution is 0.0390. The summed E-state index contributed by atoms with van der Waals surface area (Å²) in [5.41, 5.74) is 8.21. The second kappa shape index (κ2) is 6.78. The second-order valence-corrected chi connectivity index (χ2v) is 4.75. The number of alkyl halides is 1. The van der Waals surface area contributed by atoms with Crippen LogP contribution in [0.15, 0.2) is 29.4 Å². The summed E-state index contributed by atoms with van der Waals surface area (Å²) >= 11 is 0. The number of halogens is 1. The molecule has 1 aromatic carbocycles. The smallest absolute Gasteiger partial charge is 0.156 e. The van der Waals surface area contributed by atoms with E-state index >= 15 is 0 Å². The minimum atomic E-state index is -0.684. The molecule has 0 amide bonds. The minimum absolute atomic E-state index is 0.0534. The molecular weight excluding hydrogens is 263 g/mol. The van der Waals surface area contributed by atoms with Gasteiger partial charge in [-0.05, 0) is 11.1 Å². The molecule has 1 aliphatic heterocycles. The molecule has 0 fully saturated rings. The summed E-state index contributed by atoms with van der Waals surface area (Å²) in [6.45, 7) is -0.693. The Hall–Kier alpha value is -1.50. The summed E-state index contributed by atoms with van der Waals surface area (Å²) < 4.78 is 17.9. The number of rotatable bonds is 6. The van der Waals surface area contributed by atoms with Crippen molar-refractivity contribution in [3.05, 3.63) is 35.4 Å². The van der Waals surface area contributed by atoms with Crippen LogP contribution in [0.4, 0.5) is 4.39 Å². The minimum Gasteiger partial charge on any atom is -0.392 e. The molecule has 20 heavy (non-hydrogen) atoms. The van der Waals surface area contributed by atoms with E-state index in [2.05, 4.69) is 5.16 Å². The molecule has 1 aromatic rings. The lowest BCUT2D eigenvalue weighted by atomic mass is 9.99. The van der Waals surface area contributed by atoms with E-state index in [-0.39, 0.29) is 12.7 Å². The van der Waals surface area contributed by atoms with Gasteiger partial charge in [0, 0.05) is 13.5 Å². The van der Waals surface area contributed by atoms with Gasteiger partial charge < -0.3 is 20.4 Å². The zero-order valence-electron chi connectivity index (χ0n) is 11.3. The maximum Gasteiger partial charge on any atom is 0.156 e. The molecular formula is C14H19FN2O3. The van der Waals surface area contributed by atoms with Crippen LogP contribution in [0.25, 0.3) is 0 Å². The number of methoxy groups -OCH3 is 1. The van der Waals surface area contributed by atoms with Crippen molar-refractivity contribution in [2.45, 2.75) is 24.7 Å². The highest BCUT2D eigenvalue weighted by atomic mass is 19.1. The predicted octanol–water partition coefficient (Wildman–Crippen LogP) is 1.16. The second-order valence-electron chi connectivity index (χ2n) is 4.75. The summed E-state index contributed by atoms with van der Waals surface area (Å²) in [4.78, 5) is 5.07. The standard InChI is InChI=1S/C14H19FN2O3/c1-19-14(12(16)7-15)10-4-2-9(3-5-10)13-6-11(8-18)20-17-13/h2-5,11-12,14,18H,6-8,16H2,1H3/t11-,12+,14+/m0/s1. The molecule has 110 valence electrons. The largest absolute Gasteiger partial charge is 0.392 e. The quantitative estimate of drug-likeness (QED) is 0.820. The fourth-order valence-corrected chi connectivity index (χ4v) is 2.20. The molecule has 0 aliphatic carbocycles. The van der Waals surface area contributed by atoms with E-state index < -0.39 is 18.8 Å². The molecule has 0 aromatic heterocycles. The Morgan fingerprint density at radius 3 is 2.70 bits per heavy atom. The summed E-state index contributed by atoms with van der Waals surface area (Å²) in [6, 6.07) is 6.74. The first kappa shape index (κ1) is 14.9.